The van der Waals surface area contributed by atoms with Crippen LogP contribution in [0.1, 0.15) is 30.3 Å². The molecule has 2 atom stereocenters. The quantitative estimate of drug-likeness (QED) is 0.773. The lowest BCUT2D eigenvalue weighted by Gasteiger charge is -1.99. The van der Waals surface area contributed by atoms with Gasteiger partial charge in [0.15, 0.2) is 5.88 Å². The molecule has 4 heteroatoms. The number of rotatable bonds is 4. The topological polar surface area (TPSA) is 62.5 Å². The minimum atomic E-state index is -1.03. The lowest BCUT2D eigenvalue weighted by atomic mass is 10.3. The fourth-order valence-corrected chi connectivity index (χ4v) is 1.59. The van der Waals surface area contributed by atoms with Crippen molar-refractivity contribution in [1.29, 1.82) is 0 Å². The van der Waals surface area contributed by atoms with Gasteiger partial charge in [-0.15, -0.1) is 0 Å². The van der Waals surface area contributed by atoms with Gasteiger partial charge >= 0.3 is 5.97 Å². The van der Waals surface area contributed by atoms with Gasteiger partial charge in [-0.3, -0.25) is 0 Å². The summed E-state index contributed by atoms with van der Waals surface area (Å²) in [4.78, 5) is 10.5. The second kappa shape index (κ2) is 3.36. The Morgan fingerprint density at radius 2 is 2.50 bits per heavy atom. The van der Waals surface area contributed by atoms with E-state index in [2.05, 4.69) is 12.2 Å². The molecule has 1 saturated carbocycles. The minimum absolute atomic E-state index is 0.0128. The van der Waals surface area contributed by atoms with Gasteiger partial charge in [-0.2, -0.15) is 0 Å². The minimum Gasteiger partial charge on any atom is -0.475 e. The van der Waals surface area contributed by atoms with E-state index in [1.165, 1.54) is 6.07 Å². The van der Waals surface area contributed by atoms with Crippen molar-refractivity contribution in [2.45, 2.75) is 25.8 Å². The standard InChI is InChI=1S/C10H13NO3/c1-2-6-5-7(6)11-9-4-3-8(14-9)10(12)13/h3-4,6-7,11H,2,5H2,1H3,(H,12,13). The zero-order valence-corrected chi connectivity index (χ0v) is 7.99. The first-order chi connectivity index (χ1) is 6.70. The third kappa shape index (κ3) is 1.73. The van der Waals surface area contributed by atoms with Crippen LogP contribution in [0.2, 0.25) is 0 Å². The highest BCUT2D eigenvalue weighted by atomic mass is 16.4. The molecule has 2 unspecified atom stereocenters. The van der Waals surface area contributed by atoms with Crippen molar-refractivity contribution in [2.24, 2.45) is 5.92 Å². The van der Waals surface area contributed by atoms with Gasteiger partial charge in [0.2, 0.25) is 5.76 Å². The second-order valence-corrected chi connectivity index (χ2v) is 3.62. The van der Waals surface area contributed by atoms with Crippen LogP contribution >= 0.6 is 0 Å². The molecule has 4 nitrogen and oxygen atoms in total. The van der Waals surface area contributed by atoms with E-state index in [0.29, 0.717) is 17.8 Å². The van der Waals surface area contributed by atoms with Crippen LogP contribution in [-0.4, -0.2) is 17.1 Å². The predicted octanol–water partition coefficient (Wildman–Crippen LogP) is 2.19. The van der Waals surface area contributed by atoms with Crippen LogP contribution in [-0.2, 0) is 0 Å². The molecule has 1 aliphatic carbocycles. The molecule has 0 aromatic carbocycles. The molecule has 14 heavy (non-hydrogen) atoms. The van der Waals surface area contributed by atoms with Crippen molar-refractivity contribution in [3.63, 3.8) is 0 Å². The number of hydrogen-bond donors (Lipinski definition) is 2. The number of carboxylic acid groups (broad SMARTS) is 1. The van der Waals surface area contributed by atoms with Gasteiger partial charge in [0.05, 0.1) is 0 Å². The molecule has 0 saturated heterocycles. The highest BCUT2D eigenvalue weighted by Gasteiger charge is 2.35. The summed E-state index contributed by atoms with van der Waals surface area (Å²) in [5.74, 6) is 0.235. The van der Waals surface area contributed by atoms with Gasteiger partial charge in [0, 0.05) is 12.1 Å². The summed E-state index contributed by atoms with van der Waals surface area (Å²) >= 11 is 0. The fourth-order valence-electron chi connectivity index (χ4n) is 1.59. The normalized spacial score (nSPS) is 24.6. The summed E-state index contributed by atoms with van der Waals surface area (Å²) in [6, 6.07) is 3.59. The fraction of sp³-hybridized carbons (Fsp3) is 0.500. The molecule has 1 aliphatic rings. The summed E-state index contributed by atoms with van der Waals surface area (Å²) in [6.07, 6.45) is 2.31. The molecule has 2 N–H and O–H groups in total. The Labute approximate surface area is 81.9 Å². The first-order valence-corrected chi connectivity index (χ1v) is 4.80. The number of carbonyl (C=O) groups is 1. The van der Waals surface area contributed by atoms with Gasteiger partial charge in [-0.25, -0.2) is 4.79 Å². The largest absolute Gasteiger partial charge is 0.475 e. The second-order valence-electron chi connectivity index (χ2n) is 3.62. The van der Waals surface area contributed by atoms with Gasteiger partial charge in [-0.05, 0) is 18.4 Å². The summed E-state index contributed by atoms with van der Waals surface area (Å²) in [5.41, 5.74) is 0. The van der Waals surface area contributed by atoms with Crippen LogP contribution < -0.4 is 5.32 Å². The highest BCUT2D eigenvalue weighted by molar-refractivity contribution is 5.84. The first-order valence-electron chi connectivity index (χ1n) is 4.80. The lowest BCUT2D eigenvalue weighted by Crippen LogP contribution is -2.03. The van der Waals surface area contributed by atoms with Crippen LogP contribution in [0.4, 0.5) is 5.88 Å². The zero-order chi connectivity index (χ0) is 10.1. The summed E-state index contributed by atoms with van der Waals surface area (Å²) in [7, 11) is 0. The van der Waals surface area contributed by atoms with Crippen molar-refractivity contribution in [1.82, 2.24) is 0 Å². The Balaban J connectivity index is 1.94. The zero-order valence-electron chi connectivity index (χ0n) is 7.99. The van der Waals surface area contributed by atoms with Crippen molar-refractivity contribution in [2.75, 3.05) is 5.32 Å². The monoisotopic (exact) mass is 195 g/mol. The van der Waals surface area contributed by atoms with Gasteiger partial charge in [0.25, 0.3) is 0 Å². The maximum absolute atomic E-state index is 10.5. The third-order valence-electron chi connectivity index (χ3n) is 2.59. The summed E-state index contributed by atoms with van der Waals surface area (Å²) in [5, 5.41) is 11.8. The van der Waals surface area contributed by atoms with E-state index in [1.54, 1.807) is 6.07 Å². The Bertz CT molecular complexity index is 345. The molecular weight excluding hydrogens is 182 g/mol. The van der Waals surface area contributed by atoms with Crippen LogP contribution in [0.5, 0.6) is 0 Å². The Morgan fingerprint density at radius 1 is 1.71 bits per heavy atom. The molecule has 2 rings (SSSR count). The molecule has 1 aromatic heterocycles. The molecule has 0 amide bonds. The van der Waals surface area contributed by atoms with Crippen LogP contribution in [0.15, 0.2) is 16.5 Å². The Kier molecular flexibility index (Phi) is 2.19. The Hall–Kier alpha value is -1.45. The molecule has 0 spiro atoms. The number of furan rings is 1. The first kappa shape index (κ1) is 9.12. The summed E-state index contributed by atoms with van der Waals surface area (Å²) in [6.45, 7) is 2.15. The van der Waals surface area contributed by atoms with Crippen LogP contribution in [0, 0.1) is 5.92 Å². The average Bonchev–Trinajstić information content (AvgIpc) is 2.71. The average molecular weight is 195 g/mol. The van der Waals surface area contributed by atoms with Gasteiger partial charge < -0.3 is 14.8 Å². The number of anilines is 1. The molecule has 0 bridgehead atoms. The molecule has 76 valence electrons. The number of hydrogen-bond acceptors (Lipinski definition) is 3. The molecule has 1 fully saturated rings. The van der Waals surface area contributed by atoms with Crippen LogP contribution in [0.3, 0.4) is 0 Å². The van der Waals surface area contributed by atoms with E-state index in [9.17, 15) is 4.79 Å². The molecule has 1 aromatic rings. The molecule has 0 aliphatic heterocycles. The Morgan fingerprint density at radius 3 is 3.00 bits per heavy atom. The van der Waals surface area contributed by atoms with E-state index >= 15 is 0 Å². The van der Waals surface area contributed by atoms with E-state index in [1.807, 2.05) is 0 Å². The van der Waals surface area contributed by atoms with Crippen molar-refractivity contribution < 1.29 is 14.3 Å². The van der Waals surface area contributed by atoms with Gasteiger partial charge in [-0.1, -0.05) is 13.3 Å². The predicted molar refractivity (Wildman–Crippen MR) is 51.5 cm³/mol. The molecule has 1 heterocycles. The number of aromatic carboxylic acids is 1. The van der Waals surface area contributed by atoms with Crippen LogP contribution in [0.25, 0.3) is 0 Å². The molecule has 0 radical (unpaired) electrons. The van der Waals surface area contributed by atoms with E-state index in [4.69, 9.17) is 9.52 Å². The highest BCUT2D eigenvalue weighted by Crippen LogP contribution is 2.36. The maximum Gasteiger partial charge on any atom is 0.371 e. The number of carboxylic acids is 1. The molecular formula is C10H13NO3. The summed E-state index contributed by atoms with van der Waals surface area (Å²) < 4.78 is 5.08. The van der Waals surface area contributed by atoms with Gasteiger partial charge in [0.1, 0.15) is 0 Å². The smallest absolute Gasteiger partial charge is 0.371 e. The SMILES string of the molecule is CCC1CC1Nc1ccc(C(=O)O)o1. The van der Waals surface area contributed by atoms with E-state index in [-0.39, 0.29) is 5.76 Å². The van der Waals surface area contributed by atoms with E-state index in [0.717, 1.165) is 12.8 Å². The van der Waals surface area contributed by atoms with Crippen molar-refractivity contribution >= 4 is 11.9 Å². The van der Waals surface area contributed by atoms with Crippen molar-refractivity contribution in [3.8, 4) is 0 Å². The van der Waals surface area contributed by atoms with E-state index < -0.39 is 5.97 Å². The maximum atomic E-state index is 10.5. The lowest BCUT2D eigenvalue weighted by molar-refractivity contribution is 0.0663. The number of nitrogens with one attached hydrogen (secondary N) is 1. The van der Waals surface area contributed by atoms with Crippen molar-refractivity contribution in [3.05, 3.63) is 17.9 Å². The third-order valence-corrected chi connectivity index (χ3v) is 2.59.